The molecule has 1 aromatic rings. The first-order valence-electron chi connectivity index (χ1n) is 6.17. The molecule has 0 aromatic heterocycles. The van der Waals surface area contributed by atoms with Gasteiger partial charge in [0.1, 0.15) is 5.75 Å². The predicted octanol–water partition coefficient (Wildman–Crippen LogP) is 3.68. The number of methoxy groups -OCH3 is 1. The minimum absolute atomic E-state index is 0.0613. The van der Waals surface area contributed by atoms with Gasteiger partial charge < -0.3 is 9.47 Å². The van der Waals surface area contributed by atoms with Gasteiger partial charge in [0.2, 0.25) is 0 Å². The SMILES string of the molecule is C=C(C)[C@@H]1COc2ccc(Br)cc2[C@H]1CC(=O)OC. The molecule has 102 valence electrons. The number of ether oxygens (including phenoxy) is 2. The van der Waals surface area contributed by atoms with E-state index in [-0.39, 0.29) is 17.8 Å². The van der Waals surface area contributed by atoms with E-state index in [0.717, 1.165) is 21.4 Å². The Bertz CT molecular complexity index is 510. The first kappa shape index (κ1) is 14.1. The van der Waals surface area contributed by atoms with E-state index in [1.54, 1.807) is 0 Å². The number of rotatable bonds is 3. The molecule has 2 rings (SSSR count). The summed E-state index contributed by atoms with van der Waals surface area (Å²) in [5.41, 5.74) is 2.07. The second-order valence-electron chi connectivity index (χ2n) is 4.83. The highest BCUT2D eigenvalue weighted by Gasteiger charge is 2.33. The van der Waals surface area contributed by atoms with Crippen molar-refractivity contribution in [1.29, 1.82) is 0 Å². The van der Waals surface area contributed by atoms with Gasteiger partial charge in [0, 0.05) is 16.3 Å². The summed E-state index contributed by atoms with van der Waals surface area (Å²) < 4.78 is 11.5. The van der Waals surface area contributed by atoms with E-state index >= 15 is 0 Å². The van der Waals surface area contributed by atoms with Crippen molar-refractivity contribution in [2.45, 2.75) is 19.3 Å². The van der Waals surface area contributed by atoms with Crippen molar-refractivity contribution in [3.63, 3.8) is 0 Å². The molecule has 1 aliphatic heterocycles. The summed E-state index contributed by atoms with van der Waals surface area (Å²) in [6.07, 6.45) is 0.348. The molecule has 3 nitrogen and oxygen atoms in total. The van der Waals surface area contributed by atoms with Crippen LogP contribution >= 0.6 is 15.9 Å². The molecule has 0 radical (unpaired) electrons. The Morgan fingerprint density at radius 3 is 2.95 bits per heavy atom. The second-order valence-corrected chi connectivity index (χ2v) is 5.75. The Labute approximate surface area is 121 Å². The molecule has 0 bridgehead atoms. The lowest BCUT2D eigenvalue weighted by Crippen LogP contribution is -2.28. The molecule has 0 amide bonds. The van der Waals surface area contributed by atoms with E-state index in [4.69, 9.17) is 9.47 Å². The summed E-state index contributed by atoms with van der Waals surface area (Å²) >= 11 is 3.46. The quantitative estimate of drug-likeness (QED) is 0.628. The largest absolute Gasteiger partial charge is 0.493 e. The van der Waals surface area contributed by atoms with Gasteiger partial charge in [0.25, 0.3) is 0 Å². The highest BCUT2D eigenvalue weighted by Crippen LogP contribution is 2.42. The van der Waals surface area contributed by atoms with Crippen LogP contribution in [0.4, 0.5) is 0 Å². The molecular weight excluding hydrogens is 308 g/mol. The van der Waals surface area contributed by atoms with Crippen LogP contribution in [0.25, 0.3) is 0 Å². The normalized spacial score (nSPS) is 21.2. The van der Waals surface area contributed by atoms with Gasteiger partial charge in [-0.15, -0.1) is 0 Å². The molecule has 19 heavy (non-hydrogen) atoms. The third-order valence-electron chi connectivity index (χ3n) is 3.52. The number of esters is 1. The van der Waals surface area contributed by atoms with Gasteiger partial charge in [-0.2, -0.15) is 0 Å². The monoisotopic (exact) mass is 324 g/mol. The molecule has 0 unspecified atom stereocenters. The fourth-order valence-electron chi connectivity index (χ4n) is 2.45. The zero-order valence-electron chi connectivity index (χ0n) is 11.1. The van der Waals surface area contributed by atoms with Crippen LogP contribution in [0, 0.1) is 5.92 Å². The van der Waals surface area contributed by atoms with E-state index in [1.807, 2.05) is 25.1 Å². The van der Waals surface area contributed by atoms with Crippen LogP contribution < -0.4 is 4.74 Å². The third kappa shape index (κ3) is 3.00. The van der Waals surface area contributed by atoms with Crippen molar-refractivity contribution in [3.8, 4) is 5.75 Å². The van der Waals surface area contributed by atoms with E-state index in [0.29, 0.717) is 13.0 Å². The maximum Gasteiger partial charge on any atom is 0.306 e. The van der Waals surface area contributed by atoms with Crippen LogP contribution in [0.1, 0.15) is 24.8 Å². The van der Waals surface area contributed by atoms with Crippen LogP contribution in [0.5, 0.6) is 5.75 Å². The Kier molecular flexibility index (Phi) is 4.30. The first-order valence-corrected chi connectivity index (χ1v) is 6.96. The average Bonchev–Trinajstić information content (AvgIpc) is 2.38. The van der Waals surface area contributed by atoms with Crippen molar-refractivity contribution in [2.24, 2.45) is 5.92 Å². The zero-order valence-corrected chi connectivity index (χ0v) is 12.7. The standard InChI is InChI=1S/C15H17BrO3/c1-9(2)13-8-19-14-5-4-10(16)6-12(14)11(13)7-15(17)18-3/h4-6,11,13H,1,7-8H2,2-3H3/t11-,13+/m1/s1. The topological polar surface area (TPSA) is 35.5 Å². The van der Waals surface area contributed by atoms with Crippen LogP contribution in [-0.2, 0) is 9.53 Å². The number of fused-ring (bicyclic) bond motifs is 1. The summed E-state index contributed by atoms with van der Waals surface area (Å²) in [4.78, 5) is 11.6. The van der Waals surface area contributed by atoms with Gasteiger partial charge in [-0.1, -0.05) is 28.1 Å². The molecule has 0 fully saturated rings. The number of halogens is 1. The summed E-state index contributed by atoms with van der Waals surface area (Å²) in [6.45, 7) is 6.55. The lowest BCUT2D eigenvalue weighted by Gasteiger charge is -2.33. The van der Waals surface area contributed by atoms with E-state index in [2.05, 4.69) is 22.5 Å². The van der Waals surface area contributed by atoms with Crippen LogP contribution in [0.2, 0.25) is 0 Å². The Morgan fingerprint density at radius 1 is 1.58 bits per heavy atom. The average molecular weight is 325 g/mol. The molecule has 0 aliphatic carbocycles. The zero-order chi connectivity index (χ0) is 14.0. The van der Waals surface area contributed by atoms with Crippen molar-refractivity contribution in [2.75, 3.05) is 13.7 Å². The first-order chi connectivity index (χ1) is 9.02. The number of hydrogen-bond acceptors (Lipinski definition) is 3. The van der Waals surface area contributed by atoms with E-state index in [9.17, 15) is 4.79 Å². The fourth-order valence-corrected chi connectivity index (χ4v) is 2.83. The van der Waals surface area contributed by atoms with E-state index < -0.39 is 0 Å². The third-order valence-corrected chi connectivity index (χ3v) is 4.02. The van der Waals surface area contributed by atoms with Crippen molar-refractivity contribution in [3.05, 3.63) is 40.4 Å². The van der Waals surface area contributed by atoms with Gasteiger partial charge in [-0.25, -0.2) is 0 Å². The maximum absolute atomic E-state index is 11.6. The summed E-state index contributed by atoms with van der Waals surface area (Å²) in [7, 11) is 1.42. The van der Waals surface area contributed by atoms with Gasteiger partial charge in [0.05, 0.1) is 20.1 Å². The van der Waals surface area contributed by atoms with Gasteiger partial charge in [-0.05, 0) is 30.7 Å². The smallest absolute Gasteiger partial charge is 0.306 e. The molecule has 0 spiro atoms. The summed E-state index contributed by atoms with van der Waals surface area (Å²) in [5, 5.41) is 0. The summed E-state index contributed by atoms with van der Waals surface area (Å²) in [6, 6.07) is 5.88. The molecule has 2 atom stereocenters. The molecule has 1 aliphatic rings. The van der Waals surface area contributed by atoms with Gasteiger partial charge in [0.15, 0.2) is 0 Å². The van der Waals surface area contributed by atoms with Gasteiger partial charge in [-0.3, -0.25) is 4.79 Å². The van der Waals surface area contributed by atoms with Crippen molar-refractivity contribution >= 4 is 21.9 Å². The van der Waals surface area contributed by atoms with Crippen molar-refractivity contribution in [1.82, 2.24) is 0 Å². The fraction of sp³-hybridized carbons (Fsp3) is 0.400. The molecule has 1 heterocycles. The van der Waals surface area contributed by atoms with Crippen LogP contribution in [-0.4, -0.2) is 19.7 Å². The minimum atomic E-state index is -0.205. The highest BCUT2D eigenvalue weighted by atomic mass is 79.9. The highest BCUT2D eigenvalue weighted by molar-refractivity contribution is 9.10. The number of carbonyl (C=O) groups excluding carboxylic acids is 1. The van der Waals surface area contributed by atoms with E-state index in [1.165, 1.54) is 7.11 Å². The molecule has 0 saturated carbocycles. The lowest BCUT2D eigenvalue weighted by atomic mass is 9.78. The van der Waals surface area contributed by atoms with Crippen LogP contribution in [0.15, 0.2) is 34.8 Å². The Balaban J connectivity index is 2.39. The van der Waals surface area contributed by atoms with Crippen LogP contribution in [0.3, 0.4) is 0 Å². The lowest BCUT2D eigenvalue weighted by molar-refractivity contribution is -0.141. The number of carbonyl (C=O) groups is 1. The second kappa shape index (κ2) is 5.78. The predicted molar refractivity (Wildman–Crippen MR) is 77.3 cm³/mol. The number of benzene rings is 1. The van der Waals surface area contributed by atoms with Gasteiger partial charge >= 0.3 is 5.97 Å². The number of hydrogen-bond donors (Lipinski definition) is 0. The minimum Gasteiger partial charge on any atom is -0.493 e. The molecule has 4 heteroatoms. The molecule has 1 aromatic carbocycles. The molecule has 0 saturated heterocycles. The summed E-state index contributed by atoms with van der Waals surface area (Å²) in [5.74, 6) is 0.839. The Morgan fingerprint density at radius 2 is 2.32 bits per heavy atom. The maximum atomic E-state index is 11.6. The molecular formula is C15H17BrO3. The molecule has 0 N–H and O–H groups in total. The Hall–Kier alpha value is -1.29. The van der Waals surface area contributed by atoms with Crippen molar-refractivity contribution < 1.29 is 14.3 Å².